The summed E-state index contributed by atoms with van der Waals surface area (Å²) in [6, 6.07) is 8.36. The largest absolute Gasteiger partial charge is 0.493 e. The van der Waals surface area contributed by atoms with E-state index in [2.05, 4.69) is 0 Å². The van der Waals surface area contributed by atoms with Crippen LogP contribution in [0, 0.1) is 0 Å². The standard InChI is InChI=1S/C19H16O7/c1-21-16-8-15-17(19(23-3)18(16)22-2)11(20)7-13(26-15)10-4-5-12-14(6-10)25-9-24-12/h4-8H,9H2,1-3H3. The van der Waals surface area contributed by atoms with E-state index >= 15 is 0 Å². The molecule has 4 rings (SSSR count). The Morgan fingerprint density at radius 1 is 0.885 bits per heavy atom. The normalized spacial score (nSPS) is 12.3. The molecule has 0 amide bonds. The van der Waals surface area contributed by atoms with Crippen molar-refractivity contribution in [2.24, 2.45) is 0 Å². The van der Waals surface area contributed by atoms with Crippen molar-refractivity contribution in [3.05, 3.63) is 40.6 Å². The van der Waals surface area contributed by atoms with Crippen molar-refractivity contribution < 1.29 is 28.1 Å². The van der Waals surface area contributed by atoms with Crippen LogP contribution in [-0.4, -0.2) is 28.1 Å². The molecule has 0 bridgehead atoms. The quantitative estimate of drug-likeness (QED) is 0.710. The number of fused-ring (bicyclic) bond motifs is 2. The first kappa shape index (κ1) is 16.1. The summed E-state index contributed by atoms with van der Waals surface area (Å²) in [4.78, 5) is 12.8. The average Bonchev–Trinajstić information content (AvgIpc) is 3.13. The topological polar surface area (TPSA) is 76.4 Å². The Hall–Kier alpha value is -3.35. The molecule has 0 atom stereocenters. The number of benzene rings is 2. The van der Waals surface area contributed by atoms with E-state index in [9.17, 15) is 4.79 Å². The van der Waals surface area contributed by atoms with Crippen LogP contribution >= 0.6 is 0 Å². The number of methoxy groups -OCH3 is 3. The van der Waals surface area contributed by atoms with Crippen molar-refractivity contribution in [1.29, 1.82) is 0 Å². The van der Waals surface area contributed by atoms with Gasteiger partial charge in [0.15, 0.2) is 28.4 Å². The van der Waals surface area contributed by atoms with Gasteiger partial charge in [0, 0.05) is 17.7 Å². The van der Waals surface area contributed by atoms with Crippen molar-refractivity contribution in [2.45, 2.75) is 0 Å². The molecule has 0 radical (unpaired) electrons. The number of ether oxygens (including phenoxy) is 5. The van der Waals surface area contributed by atoms with Crippen LogP contribution in [0.1, 0.15) is 0 Å². The lowest BCUT2D eigenvalue weighted by molar-refractivity contribution is 0.174. The Labute approximate surface area is 148 Å². The summed E-state index contributed by atoms with van der Waals surface area (Å²) < 4.78 is 32.7. The molecule has 26 heavy (non-hydrogen) atoms. The van der Waals surface area contributed by atoms with Gasteiger partial charge in [-0.1, -0.05) is 0 Å². The van der Waals surface area contributed by atoms with E-state index < -0.39 is 0 Å². The molecule has 1 aliphatic rings. The third-order valence-electron chi connectivity index (χ3n) is 4.18. The van der Waals surface area contributed by atoms with Gasteiger partial charge in [0.1, 0.15) is 16.7 Å². The monoisotopic (exact) mass is 356 g/mol. The van der Waals surface area contributed by atoms with Crippen LogP contribution in [0.15, 0.2) is 39.5 Å². The molecule has 3 aromatic rings. The molecule has 2 aromatic carbocycles. The van der Waals surface area contributed by atoms with Gasteiger partial charge in [0.05, 0.1) is 21.3 Å². The van der Waals surface area contributed by atoms with Gasteiger partial charge in [-0.15, -0.1) is 0 Å². The number of hydrogen-bond donors (Lipinski definition) is 0. The zero-order chi connectivity index (χ0) is 18.3. The summed E-state index contributed by atoms with van der Waals surface area (Å²) in [6.45, 7) is 0.175. The fourth-order valence-electron chi connectivity index (χ4n) is 2.98. The first-order chi connectivity index (χ1) is 12.7. The van der Waals surface area contributed by atoms with Gasteiger partial charge in [0.2, 0.25) is 12.5 Å². The molecule has 0 aliphatic carbocycles. The molecule has 0 spiro atoms. The highest BCUT2D eigenvalue weighted by molar-refractivity contribution is 5.90. The molecule has 7 nitrogen and oxygen atoms in total. The second-order valence-electron chi connectivity index (χ2n) is 5.56. The zero-order valence-corrected chi connectivity index (χ0v) is 14.5. The van der Waals surface area contributed by atoms with Crippen LogP contribution in [0.4, 0.5) is 0 Å². The van der Waals surface area contributed by atoms with Crippen molar-refractivity contribution in [3.63, 3.8) is 0 Å². The Bertz CT molecular complexity index is 1050. The Morgan fingerprint density at radius 3 is 2.38 bits per heavy atom. The lowest BCUT2D eigenvalue weighted by atomic mass is 10.1. The smallest absolute Gasteiger partial charge is 0.231 e. The predicted molar refractivity (Wildman–Crippen MR) is 93.7 cm³/mol. The highest BCUT2D eigenvalue weighted by Crippen LogP contribution is 2.43. The maximum absolute atomic E-state index is 12.8. The van der Waals surface area contributed by atoms with Crippen molar-refractivity contribution in [3.8, 4) is 40.1 Å². The Balaban J connectivity index is 1.95. The molecule has 0 unspecified atom stereocenters. The Morgan fingerprint density at radius 2 is 1.65 bits per heavy atom. The van der Waals surface area contributed by atoms with Gasteiger partial charge in [0.25, 0.3) is 0 Å². The molecule has 0 N–H and O–H groups in total. The maximum Gasteiger partial charge on any atom is 0.231 e. The second-order valence-corrected chi connectivity index (χ2v) is 5.56. The molecule has 1 aromatic heterocycles. The van der Waals surface area contributed by atoms with Crippen molar-refractivity contribution in [2.75, 3.05) is 28.1 Å². The first-order valence-electron chi connectivity index (χ1n) is 7.83. The van der Waals surface area contributed by atoms with E-state index in [1.165, 1.54) is 27.4 Å². The van der Waals surface area contributed by atoms with Gasteiger partial charge in [-0.3, -0.25) is 4.79 Å². The molecule has 0 saturated heterocycles. The minimum absolute atomic E-state index is 0.175. The lowest BCUT2D eigenvalue weighted by Gasteiger charge is -2.14. The molecule has 2 heterocycles. The van der Waals surface area contributed by atoms with Crippen LogP contribution in [0.3, 0.4) is 0 Å². The summed E-state index contributed by atoms with van der Waals surface area (Å²) >= 11 is 0. The third kappa shape index (κ3) is 2.40. The van der Waals surface area contributed by atoms with E-state index in [1.807, 2.05) is 0 Å². The van der Waals surface area contributed by atoms with E-state index in [-0.39, 0.29) is 23.4 Å². The zero-order valence-electron chi connectivity index (χ0n) is 14.5. The van der Waals surface area contributed by atoms with E-state index in [0.29, 0.717) is 39.9 Å². The van der Waals surface area contributed by atoms with Gasteiger partial charge >= 0.3 is 0 Å². The summed E-state index contributed by atoms with van der Waals surface area (Å²) in [5.74, 6) is 2.68. The molecule has 7 heteroatoms. The minimum atomic E-state index is -0.253. The highest BCUT2D eigenvalue weighted by Gasteiger charge is 2.21. The predicted octanol–water partition coefficient (Wildman–Crippen LogP) is 3.21. The van der Waals surface area contributed by atoms with Crippen molar-refractivity contribution >= 4 is 11.0 Å². The van der Waals surface area contributed by atoms with E-state index in [1.54, 1.807) is 24.3 Å². The highest BCUT2D eigenvalue weighted by atomic mass is 16.7. The Kier molecular flexibility index (Phi) is 3.84. The number of hydrogen-bond acceptors (Lipinski definition) is 7. The maximum atomic E-state index is 12.8. The van der Waals surface area contributed by atoms with Crippen LogP contribution in [0.2, 0.25) is 0 Å². The van der Waals surface area contributed by atoms with Gasteiger partial charge < -0.3 is 28.1 Å². The van der Waals surface area contributed by atoms with Crippen molar-refractivity contribution in [1.82, 2.24) is 0 Å². The SMILES string of the molecule is COc1cc2oc(-c3ccc4c(c3)OCO4)cc(=O)c2c(OC)c1OC. The van der Waals surface area contributed by atoms with Crippen LogP contribution < -0.4 is 29.1 Å². The van der Waals surface area contributed by atoms with Crippen LogP contribution in [-0.2, 0) is 0 Å². The van der Waals surface area contributed by atoms with E-state index in [0.717, 1.165) is 0 Å². The molecular formula is C19H16O7. The molecule has 134 valence electrons. The molecule has 0 saturated carbocycles. The second kappa shape index (κ2) is 6.18. The lowest BCUT2D eigenvalue weighted by Crippen LogP contribution is -2.05. The van der Waals surface area contributed by atoms with Gasteiger partial charge in [-0.05, 0) is 18.2 Å². The summed E-state index contributed by atoms with van der Waals surface area (Å²) in [5, 5.41) is 0.287. The fraction of sp³-hybridized carbons (Fsp3) is 0.211. The summed E-state index contributed by atoms with van der Waals surface area (Å²) in [7, 11) is 4.44. The molecule has 1 aliphatic heterocycles. The summed E-state index contributed by atoms with van der Waals surface area (Å²) in [5.41, 5.74) is 0.776. The fourth-order valence-corrected chi connectivity index (χ4v) is 2.98. The first-order valence-corrected chi connectivity index (χ1v) is 7.83. The molecular weight excluding hydrogens is 340 g/mol. The molecule has 0 fully saturated rings. The average molecular weight is 356 g/mol. The minimum Gasteiger partial charge on any atom is -0.493 e. The van der Waals surface area contributed by atoms with E-state index in [4.69, 9.17) is 28.1 Å². The van der Waals surface area contributed by atoms with Gasteiger partial charge in [-0.2, -0.15) is 0 Å². The van der Waals surface area contributed by atoms with Crippen LogP contribution in [0.5, 0.6) is 28.7 Å². The summed E-state index contributed by atoms with van der Waals surface area (Å²) in [6.07, 6.45) is 0. The third-order valence-corrected chi connectivity index (χ3v) is 4.18. The number of rotatable bonds is 4. The van der Waals surface area contributed by atoms with Gasteiger partial charge in [-0.25, -0.2) is 0 Å². The van der Waals surface area contributed by atoms with Crippen LogP contribution in [0.25, 0.3) is 22.3 Å².